The Morgan fingerprint density at radius 1 is 1.25 bits per heavy atom. The Morgan fingerprint density at radius 2 is 2.00 bits per heavy atom. The molecule has 0 aliphatic rings. The molecule has 108 valence electrons. The summed E-state index contributed by atoms with van der Waals surface area (Å²) in [4.78, 5) is 4.50. The number of imidazole rings is 1. The van der Waals surface area contributed by atoms with E-state index in [1.807, 2.05) is 31.5 Å². The molecule has 0 radical (unpaired) electrons. The molecule has 1 aromatic heterocycles. The SMILES string of the molecule is CC(C)(C)Sc1c(F)cc(F)cc1CCn1ccnc1. The van der Waals surface area contributed by atoms with Crippen molar-refractivity contribution in [3.8, 4) is 0 Å². The van der Waals surface area contributed by atoms with Crippen LogP contribution in [-0.4, -0.2) is 14.3 Å². The van der Waals surface area contributed by atoms with E-state index in [1.165, 1.54) is 17.8 Å². The molecule has 2 aromatic rings. The Kier molecular flexibility index (Phi) is 4.48. The number of hydrogen-bond donors (Lipinski definition) is 0. The second-order valence-corrected chi connectivity index (χ2v) is 7.48. The minimum absolute atomic E-state index is 0.123. The average molecular weight is 296 g/mol. The third kappa shape index (κ3) is 4.07. The quantitative estimate of drug-likeness (QED) is 0.783. The average Bonchev–Trinajstić information content (AvgIpc) is 2.82. The predicted molar refractivity (Wildman–Crippen MR) is 77.9 cm³/mol. The van der Waals surface area contributed by atoms with Crippen LogP contribution in [0.15, 0.2) is 35.7 Å². The van der Waals surface area contributed by atoms with Gasteiger partial charge in [0.05, 0.1) is 6.33 Å². The van der Waals surface area contributed by atoms with Crippen molar-refractivity contribution < 1.29 is 8.78 Å². The van der Waals surface area contributed by atoms with Gasteiger partial charge < -0.3 is 4.57 Å². The summed E-state index contributed by atoms with van der Waals surface area (Å²) in [5.41, 5.74) is 0.705. The maximum absolute atomic E-state index is 14.0. The minimum atomic E-state index is -0.526. The molecule has 0 saturated heterocycles. The van der Waals surface area contributed by atoms with Crippen molar-refractivity contribution >= 4 is 11.8 Å². The molecule has 2 rings (SSSR count). The van der Waals surface area contributed by atoms with Gasteiger partial charge in [0.25, 0.3) is 0 Å². The van der Waals surface area contributed by atoms with E-state index in [1.54, 1.807) is 12.5 Å². The molecule has 0 atom stereocenters. The number of nitrogens with zero attached hydrogens (tertiary/aromatic N) is 2. The minimum Gasteiger partial charge on any atom is -0.337 e. The van der Waals surface area contributed by atoms with E-state index in [2.05, 4.69) is 4.98 Å². The van der Waals surface area contributed by atoms with Gasteiger partial charge in [-0.1, -0.05) is 20.8 Å². The summed E-state index contributed by atoms with van der Waals surface area (Å²) < 4.78 is 29.2. The third-order valence-corrected chi connectivity index (χ3v) is 3.97. The molecule has 0 unspecified atom stereocenters. The van der Waals surface area contributed by atoms with Crippen molar-refractivity contribution in [3.63, 3.8) is 0 Å². The molecule has 1 aromatic carbocycles. The van der Waals surface area contributed by atoms with Crippen LogP contribution < -0.4 is 0 Å². The second kappa shape index (κ2) is 5.95. The first-order valence-electron chi connectivity index (χ1n) is 6.48. The number of hydrogen-bond acceptors (Lipinski definition) is 2. The summed E-state index contributed by atoms with van der Waals surface area (Å²) >= 11 is 1.43. The lowest BCUT2D eigenvalue weighted by Crippen LogP contribution is -2.10. The fraction of sp³-hybridized carbons (Fsp3) is 0.400. The molecule has 0 saturated carbocycles. The van der Waals surface area contributed by atoms with E-state index in [0.29, 0.717) is 23.4 Å². The van der Waals surface area contributed by atoms with Crippen LogP contribution >= 0.6 is 11.8 Å². The van der Waals surface area contributed by atoms with Gasteiger partial charge in [-0.3, -0.25) is 0 Å². The van der Waals surface area contributed by atoms with Crippen molar-refractivity contribution in [2.75, 3.05) is 0 Å². The summed E-state index contributed by atoms with van der Waals surface area (Å²) in [5, 5.41) is 0. The van der Waals surface area contributed by atoms with E-state index in [4.69, 9.17) is 0 Å². The maximum Gasteiger partial charge on any atom is 0.139 e. The molecule has 0 bridgehead atoms. The van der Waals surface area contributed by atoms with Crippen LogP contribution in [0.5, 0.6) is 0 Å². The fourth-order valence-electron chi connectivity index (χ4n) is 1.89. The van der Waals surface area contributed by atoms with Gasteiger partial charge in [0.15, 0.2) is 0 Å². The molecule has 0 fully saturated rings. The van der Waals surface area contributed by atoms with E-state index in [-0.39, 0.29) is 4.75 Å². The lowest BCUT2D eigenvalue weighted by Gasteiger charge is -2.20. The van der Waals surface area contributed by atoms with Crippen molar-refractivity contribution in [2.45, 2.75) is 43.4 Å². The Bertz CT molecular complexity index is 574. The molecule has 0 aliphatic heterocycles. The van der Waals surface area contributed by atoms with Gasteiger partial charge in [0, 0.05) is 34.6 Å². The van der Waals surface area contributed by atoms with Crippen LogP contribution in [0.2, 0.25) is 0 Å². The van der Waals surface area contributed by atoms with Gasteiger partial charge in [-0.2, -0.15) is 0 Å². The van der Waals surface area contributed by atoms with E-state index in [9.17, 15) is 8.78 Å². The monoisotopic (exact) mass is 296 g/mol. The topological polar surface area (TPSA) is 17.8 Å². The molecular formula is C15H18F2N2S. The molecule has 0 amide bonds. The van der Waals surface area contributed by atoms with Crippen molar-refractivity contribution in [3.05, 3.63) is 48.1 Å². The molecule has 0 spiro atoms. The van der Waals surface area contributed by atoms with Crippen LogP contribution in [0.25, 0.3) is 0 Å². The van der Waals surface area contributed by atoms with Crippen LogP contribution in [0.4, 0.5) is 8.78 Å². The smallest absolute Gasteiger partial charge is 0.139 e. The lowest BCUT2D eigenvalue weighted by molar-refractivity contribution is 0.554. The second-order valence-electron chi connectivity index (χ2n) is 5.64. The van der Waals surface area contributed by atoms with Crippen LogP contribution in [0.1, 0.15) is 26.3 Å². The molecule has 0 N–H and O–H groups in total. The number of thioether (sulfide) groups is 1. The number of rotatable bonds is 4. The first kappa shape index (κ1) is 15.0. The van der Waals surface area contributed by atoms with E-state index in [0.717, 1.165) is 6.07 Å². The number of benzene rings is 1. The standard InChI is InChI=1S/C15H18F2N2S/c1-15(2,3)20-14-11(8-12(16)9-13(14)17)4-6-19-7-5-18-10-19/h5,7-10H,4,6H2,1-3H3. The zero-order chi connectivity index (χ0) is 14.8. The zero-order valence-electron chi connectivity index (χ0n) is 11.9. The molecule has 1 heterocycles. The van der Waals surface area contributed by atoms with Gasteiger partial charge in [-0.25, -0.2) is 13.8 Å². The van der Waals surface area contributed by atoms with Gasteiger partial charge in [-0.05, 0) is 18.1 Å². The molecule has 5 heteroatoms. The highest BCUT2D eigenvalue weighted by molar-refractivity contribution is 8.00. The Hall–Kier alpha value is -1.36. The fourth-order valence-corrected chi connectivity index (χ4v) is 2.95. The number of aromatic nitrogens is 2. The van der Waals surface area contributed by atoms with E-state index < -0.39 is 11.6 Å². The molecular weight excluding hydrogens is 278 g/mol. The summed E-state index contributed by atoms with van der Waals surface area (Å²) in [6, 6.07) is 2.38. The molecule has 0 aliphatic carbocycles. The molecule has 2 nitrogen and oxygen atoms in total. The zero-order valence-corrected chi connectivity index (χ0v) is 12.7. The maximum atomic E-state index is 14.0. The van der Waals surface area contributed by atoms with Gasteiger partial charge >= 0.3 is 0 Å². The lowest BCUT2D eigenvalue weighted by atomic mass is 10.1. The van der Waals surface area contributed by atoms with Crippen molar-refractivity contribution in [1.82, 2.24) is 9.55 Å². The summed E-state index contributed by atoms with van der Waals surface area (Å²) in [6.45, 7) is 6.70. The van der Waals surface area contributed by atoms with E-state index >= 15 is 0 Å². The van der Waals surface area contributed by atoms with Crippen LogP contribution in [0, 0.1) is 11.6 Å². The third-order valence-electron chi connectivity index (χ3n) is 2.69. The Labute approximate surface area is 122 Å². The largest absolute Gasteiger partial charge is 0.337 e. The molecule has 20 heavy (non-hydrogen) atoms. The highest BCUT2D eigenvalue weighted by Crippen LogP contribution is 2.36. The van der Waals surface area contributed by atoms with Crippen molar-refractivity contribution in [2.24, 2.45) is 0 Å². The number of aryl methyl sites for hydroxylation is 2. The first-order chi connectivity index (χ1) is 9.35. The summed E-state index contributed by atoms with van der Waals surface area (Å²) in [7, 11) is 0. The normalized spacial score (nSPS) is 11.8. The van der Waals surface area contributed by atoms with Crippen LogP contribution in [-0.2, 0) is 13.0 Å². The van der Waals surface area contributed by atoms with Gasteiger partial charge in [0.2, 0.25) is 0 Å². The Balaban J connectivity index is 2.25. The van der Waals surface area contributed by atoms with Gasteiger partial charge in [-0.15, -0.1) is 11.8 Å². The summed E-state index contributed by atoms with van der Waals surface area (Å²) in [6.07, 6.45) is 5.80. The van der Waals surface area contributed by atoms with Gasteiger partial charge in [0.1, 0.15) is 11.6 Å². The summed E-state index contributed by atoms with van der Waals surface area (Å²) in [5.74, 6) is -1.01. The van der Waals surface area contributed by atoms with Crippen molar-refractivity contribution in [1.29, 1.82) is 0 Å². The predicted octanol–water partition coefficient (Wildman–Crippen LogP) is 4.29. The van der Waals surface area contributed by atoms with Crippen LogP contribution in [0.3, 0.4) is 0 Å². The highest BCUT2D eigenvalue weighted by Gasteiger charge is 2.19. The highest BCUT2D eigenvalue weighted by atomic mass is 32.2. The number of halogens is 2. The first-order valence-corrected chi connectivity index (χ1v) is 7.29. The Morgan fingerprint density at radius 3 is 2.60 bits per heavy atom.